The Balaban J connectivity index is 1.60. The highest BCUT2D eigenvalue weighted by Crippen LogP contribution is 2.28. The number of hydrogen-bond acceptors (Lipinski definition) is 7. The topological polar surface area (TPSA) is 154 Å². The zero-order valence-electron chi connectivity index (χ0n) is 18.1. The Hall–Kier alpha value is -3.77. The monoisotopic (exact) mass is 469 g/mol. The van der Waals surface area contributed by atoms with Crippen LogP contribution in [0.5, 0.6) is 0 Å². The highest BCUT2D eigenvalue weighted by atomic mass is 32.2. The number of carbonyl (C=O) groups excluding carboxylic acids is 2. The summed E-state index contributed by atoms with van der Waals surface area (Å²) in [6.07, 6.45) is 3.20. The number of rotatable bonds is 6. The van der Waals surface area contributed by atoms with E-state index in [4.69, 9.17) is 5.73 Å². The lowest BCUT2D eigenvalue weighted by Crippen LogP contribution is -2.36. The second-order valence-corrected chi connectivity index (χ2v) is 9.69. The first-order valence-corrected chi connectivity index (χ1v) is 11.5. The molecule has 0 spiro atoms. The van der Waals surface area contributed by atoms with Gasteiger partial charge in [-0.05, 0) is 30.3 Å². The van der Waals surface area contributed by atoms with Crippen LogP contribution in [0, 0.1) is 0 Å². The molecular formula is C21H23N7O4S. The van der Waals surface area contributed by atoms with Gasteiger partial charge in [0.2, 0.25) is 15.9 Å². The fourth-order valence-electron chi connectivity index (χ4n) is 3.61. The molecule has 0 aliphatic carbocycles. The Morgan fingerprint density at radius 2 is 2.00 bits per heavy atom. The number of fused-ring (bicyclic) bond motifs is 1. The number of aromatic amines is 1. The molecule has 12 heteroatoms. The van der Waals surface area contributed by atoms with E-state index >= 15 is 0 Å². The summed E-state index contributed by atoms with van der Waals surface area (Å²) in [5.41, 5.74) is 7.68. The smallest absolute Gasteiger partial charge is 0.257 e. The number of sulfonamides is 1. The number of nitrogens with zero attached hydrogens (tertiary/aromatic N) is 4. The summed E-state index contributed by atoms with van der Waals surface area (Å²) in [6.45, 7) is 0.290. The average molecular weight is 470 g/mol. The molecule has 0 atom stereocenters. The maximum atomic E-state index is 13.0. The number of hydrogen-bond donors (Lipinski definition) is 3. The van der Waals surface area contributed by atoms with Gasteiger partial charge in [0.05, 0.1) is 11.1 Å². The molecule has 3 aromatic rings. The molecule has 2 amide bonds. The Bertz CT molecular complexity index is 1320. The SMILES string of the molecule is CN(C)c1ccc(C(=O)Nc2n[nH]c3c2CN(S(=O)(=O)c2cccnc2)CC3)c(C(N)=O)c1. The van der Waals surface area contributed by atoms with Gasteiger partial charge >= 0.3 is 0 Å². The molecule has 4 rings (SSSR count). The van der Waals surface area contributed by atoms with Gasteiger partial charge in [-0.1, -0.05) is 0 Å². The van der Waals surface area contributed by atoms with Crippen molar-refractivity contribution in [2.24, 2.45) is 5.73 Å². The molecule has 1 aliphatic heterocycles. The molecule has 0 bridgehead atoms. The van der Waals surface area contributed by atoms with Crippen LogP contribution in [0.2, 0.25) is 0 Å². The maximum absolute atomic E-state index is 13.0. The number of benzene rings is 1. The maximum Gasteiger partial charge on any atom is 0.257 e. The van der Waals surface area contributed by atoms with E-state index in [1.807, 2.05) is 0 Å². The zero-order chi connectivity index (χ0) is 23.8. The van der Waals surface area contributed by atoms with Gasteiger partial charge in [-0.3, -0.25) is 19.7 Å². The van der Waals surface area contributed by atoms with Crippen LogP contribution in [0.3, 0.4) is 0 Å². The van der Waals surface area contributed by atoms with E-state index in [0.717, 1.165) is 5.69 Å². The summed E-state index contributed by atoms with van der Waals surface area (Å²) >= 11 is 0. The number of amides is 2. The molecule has 0 radical (unpaired) electrons. The van der Waals surface area contributed by atoms with Gasteiger partial charge in [-0.25, -0.2) is 8.42 Å². The average Bonchev–Trinajstić information content (AvgIpc) is 3.21. The second-order valence-electron chi connectivity index (χ2n) is 7.75. The third-order valence-electron chi connectivity index (χ3n) is 5.43. The van der Waals surface area contributed by atoms with Crippen LogP contribution < -0.4 is 16.0 Å². The number of nitrogens with one attached hydrogen (secondary N) is 2. The predicted octanol–water partition coefficient (Wildman–Crippen LogP) is 0.969. The number of H-pyrrole nitrogens is 1. The summed E-state index contributed by atoms with van der Waals surface area (Å²) in [7, 11) is -0.147. The van der Waals surface area contributed by atoms with Crippen molar-refractivity contribution in [2.75, 3.05) is 30.9 Å². The van der Waals surface area contributed by atoms with E-state index in [-0.39, 0.29) is 34.9 Å². The summed E-state index contributed by atoms with van der Waals surface area (Å²) in [6, 6.07) is 7.80. The molecule has 3 heterocycles. The number of anilines is 2. The van der Waals surface area contributed by atoms with E-state index < -0.39 is 21.8 Å². The number of pyridine rings is 1. The number of aromatic nitrogens is 3. The molecule has 0 saturated heterocycles. The van der Waals surface area contributed by atoms with Gasteiger partial charge in [-0.2, -0.15) is 9.40 Å². The van der Waals surface area contributed by atoms with Crippen LogP contribution in [0.25, 0.3) is 0 Å². The zero-order valence-corrected chi connectivity index (χ0v) is 18.9. The van der Waals surface area contributed by atoms with Crippen molar-refractivity contribution in [2.45, 2.75) is 17.9 Å². The van der Waals surface area contributed by atoms with Crippen molar-refractivity contribution in [1.82, 2.24) is 19.5 Å². The van der Waals surface area contributed by atoms with Crippen LogP contribution in [-0.4, -0.2) is 60.4 Å². The highest BCUT2D eigenvalue weighted by molar-refractivity contribution is 7.89. The minimum Gasteiger partial charge on any atom is -0.378 e. The minimum atomic E-state index is -3.76. The van der Waals surface area contributed by atoms with E-state index in [9.17, 15) is 18.0 Å². The fraction of sp³-hybridized carbons (Fsp3) is 0.238. The summed E-state index contributed by atoms with van der Waals surface area (Å²) in [5, 5.41) is 9.70. The van der Waals surface area contributed by atoms with Crippen molar-refractivity contribution in [3.63, 3.8) is 0 Å². The lowest BCUT2D eigenvalue weighted by Gasteiger charge is -2.26. The van der Waals surface area contributed by atoms with Crippen LogP contribution in [0.15, 0.2) is 47.6 Å². The molecule has 1 aliphatic rings. The first kappa shape index (κ1) is 22.4. The van der Waals surface area contributed by atoms with E-state index in [2.05, 4.69) is 20.5 Å². The Labute approximate surface area is 190 Å². The van der Waals surface area contributed by atoms with Gasteiger partial charge in [0.15, 0.2) is 5.82 Å². The summed E-state index contributed by atoms with van der Waals surface area (Å²) in [4.78, 5) is 30.7. The normalized spacial score (nSPS) is 13.9. The van der Waals surface area contributed by atoms with Gasteiger partial charge in [0.1, 0.15) is 4.90 Å². The lowest BCUT2D eigenvalue weighted by molar-refractivity contribution is 0.0977. The second kappa shape index (κ2) is 8.64. The third-order valence-corrected chi connectivity index (χ3v) is 7.26. The Morgan fingerprint density at radius 3 is 2.67 bits per heavy atom. The lowest BCUT2D eigenvalue weighted by atomic mass is 10.0. The number of nitrogens with two attached hydrogens (primary N) is 1. The van der Waals surface area contributed by atoms with Gasteiger partial charge in [-0.15, -0.1) is 0 Å². The van der Waals surface area contributed by atoms with E-state index in [1.54, 1.807) is 37.2 Å². The first-order valence-electron chi connectivity index (χ1n) is 10.1. The van der Waals surface area contributed by atoms with Gasteiger partial charge < -0.3 is 16.0 Å². The number of carbonyl (C=O) groups is 2. The van der Waals surface area contributed by atoms with E-state index in [0.29, 0.717) is 17.7 Å². The van der Waals surface area contributed by atoms with Crippen molar-refractivity contribution in [3.8, 4) is 0 Å². The molecule has 0 unspecified atom stereocenters. The molecular weight excluding hydrogens is 446 g/mol. The highest BCUT2D eigenvalue weighted by Gasteiger charge is 2.32. The van der Waals surface area contributed by atoms with Crippen LogP contribution in [0.1, 0.15) is 32.0 Å². The molecule has 172 valence electrons. The number of primary amides is 1. The van der Waals surface area contributed by atoms with Crippen molar-refractivity contribution >= 4 is 33.3 Å². The van der Waals surface area contributed by atoms with Crippen molar-refractivity contribution in [3.05, 3.63) is 65.1 Å². The molecule has 11 nitrogen and oxygen atoms in total. The Morgan fingerprint density at radius 1 is 1.21 bits per heavy atom. The largest absolute Gasteiger partial charge is 0.378 e. The summed E-state index contributed by atoms with van der Waals surface area (Å²) in [5.74, 6) is -1.11. The van der Waals surface area contributed by atoms with Crippen LogP contribution >= 0.6 is 0 Å². The van der Waals surface area contributed by atoms with Crippen LogP contribution in [-0.2, 0) is 23.0 Å². The van der Waals surface area contributed by atoms with Crippen LogP contribution in [0.4, 0.5) is 11.5 Å². The van der Waals surface area contributed by atoms with Gasteiger partial charge in [0.25, 0.3) is 5.91 Å². The quantitative estimate of drug-likeness (QED) is 0.486. The van der Waals surface area contributed by atoms with Crippen molar-refractivity contribution in [1.29, 1.82) is 0 Å². The molecule has 0 saturated carbocycles. The standard InChI is InChI=1S/C21H23N7O4S/c1-27(2)13-5-6-15(16(10-13)19(22)29)21(30)24-20-17-12-28(9-7-18(17)25-26-20)33(31,32)14-4-3-8-23-11-14/h3-6,8,10-11H,7,9,12H2,1-2H3,(H2,22,29)(H2,24,25,26,30). The molecule has 0 fully saturated rings. The third kappa shape index (κ3) is 4.30. The predicted molar refractivity (Wildman–Crippen MR) is 121 cm³/mol. The molecule has 1 aromatic carbocycles. The first-order chi connectivity index (χ1) is 15.7. The summed E-state index contributed by atoms with van der Waals surface area (Å²) < 4.78 is 27.3. The molecule has 4 N–H and O–H groups in total. The molecule has 2 aromatic heterocycles. The van der Waals surface area contributed by atoms with Gasteiger partial charge in [0, 0.05) is 62.9 Å². The van der Waals surface area contributed by atoms with E-state index in [1.165, 1.54) is 28.8 Å². The van der Waals surface area contributed by atoms with Crippen molar-refractivity contribution < 1.29 is 18.0 Å². The minimum absolute atomic E-state index is 0.0287. The fourth-order valence-corrected chi connectivity index (χ4v) is 4.99. The molecule has 33 heavy (non-hydrogen) atoms. The Kier molecular flexibility index (Phi) is 5.87.